The second-order valence-electron chi connectivity index (χ2n) is 4.48. The van der Waals surface area contributed by atoms with Crippen molar-refractivity contribution in [1.29, 1.82) is 0 Å². The van der Waals surface area contributed by atoms with Gasteiger partial charge in [0.15, 0.2) is 0 Å². The molecule has 2 rings (SSSR count). The number of benzene rings is 1. The summed E-state index contributed by atoms with van der Waals surface area (Å²) in [5.41, 5.74) is 2.83. The first kappa shape index (κ1) is 10.7. The fraction of sp³-hybridized carbons (Fsp3) is 0.538. The average molecular weight is 206 g/mol. The zero-order valence-corrected chi connectivity index (χ0v) is 9.42. The molecule has 2 nitrogen and oxygen atoms in total. The summed E-state index contributed by atoms with van der Waals surface area (Å²) in [6.07, 6.45) is 2.91. The highest BCUT2D eigenvalue weighted by atomic mass is 16.5. The number of fused-ring (bicyclic) bond motifs is 1. The van der Waals surface area contributed by atoms with Crippen molar-refractivity contribution in [2.75, 3.05) is 13.7 Å². The molecule has 0 saturated heterocycles. The second kappa shape index (κ2) is 3.95. The minimum atomic E-state index is -0.768. The molecule has 1 atom stereocenters. The van der Waals surface area contributed by atoms with Gasteiger partial charge in [-0.25, -0.2) is 0 Å². The summed E-state index contributed by atoms with van der Waals surface area (Å²) < 4.78 is 5.12. The molecule has 0 saturated carbocycles. The highest BCUT2D eigenvalue weighted by Gasteiger charge is 2.34. The Bertz CT molecular complexity index is 360. The number of aliphatic hydroxyl groups is 1. The summed E-state index contributed by atoms with van der Waals surface area (Å²) in [6.45, 7) is 2.48. The number of rotatable bonds is 2. The van der Waals surface area contributed by atoms with Gasteiger partial charge in [0.2, 0.25) is 0 Å². The lowest BCUT2D eigenvalue weighted by atomic mass is 9.79. The van der Waals surface area contributed by atoms with Gasteiger partial charge in [-0.05, 0) is 37.3 Å². The minimum absolute atomic E-state index is 0.392. The first-order valence-corrected chi connectivity index (χ1v) is 5.47. The zero-order valence-electron chi connectivity index (χ0n) is 9.42. The normalized spacial score (nSPS) is 25.0. The molecule has 0 spiro atoms. The van der Waals surface area contributed by atoms with Crippen LogP contribution in [0.4, 0.5) is 0 Å². The molecule has 0 amide bonds. The molecule has 0 bridgehead atoms. The number of hydrogen-bond acceptors (Lipinski definition) is 2. The van der Waals surface area contributed by atoms with E-state index in [4.69, 9.17) is 4.74 Å². The topological polar surface area (TPSA) is 29.5 Å². The Labute approximate surface area is 90.9 Å². The Balaban J connectivity index is 2.42. The van der Waals surface area contributed by atoms with Crippen LogP contribution in [0.5, 0.6) is 0 Å². The van der Waals surface area contributed by atoms with Crippen LogP contribution >= 0.6 is 0 Å². The van der Waals surface area contributed by atoms with Gasteiger partial charge in [0.05, 0.1) is 6.61 Å². The lowest BCUT2D eigenvalue weighted by Gasteiger charge is -2.34. The molecular weight excluding hydrogens is 188 g/mol. The molecular formula is C13H18O2. The van der Waals surface area contributed by atoms with Crippen LogP contribution in [0.15, 0.2) is 18.2 Å². The molecule has 2 heteroatoms. The maximum atomic E-state index is 10.5. The van der Waals surface area contributed by atoms with Gasteiger partial charge in [-0.1, -0.05) is 23.8 Å². The van der Waals surface area contributed by atoms with Gasteiger partial charge in [-0.15, -0.1) is 0 Å². The highest BCUT2D eigenvalue weighted by Crippen LogP contribution is 2.35. The maximum Gasteiger partial charge on any atom is 0.113 e. The van der Waals surface area contributed by atoms with Gasteiger partial charge in [-0.3, -0.25) is 0 Å². The van der Waals surface area contributed by atoms with E-state index in [1.165, 1.54) is 11.1 Å². The van der Waals surface area contributed by atoms with Crippen LogP contribution in [0.2, 0.25) is 0 Å². The summed E-state index contributed by atoms with van der Waals surface area (Å²) >= 11 is 0. The first-order chi connectivity index (χ1) is 7.15. The van der Waals surface area contributed by atoms with Crippen LogP contribution in [0.1, 0.15) is 29.5 Å². The SMILES string of the molecule is COCC1(O)CCCc2cc(C)ccc21. The summed E-state index contributed by atoms with van der Waals surface area (Å²) in [7, 11) is 1.64. The van der Waals surface area contributed by atoms with Crippen LogP contribution in [0, 0.1) is 6.92 Å². The third-order valence-corrected chi connectivity index (χ3v) is 3.18. The summed E-state index contributed by atoms with van der Waals surface area (Å²) in [5, 5.41) is 10.5. The van der Waals surface area contributed by atoms with Crippen molar-refractivity contribution < 1.29 is 9.84 Å². The van der Waals surface area contributed by atoms with Crippen LogP contribution in [0.3, 0.4) is 0 Å². The van der Waals surface area contributed by atoms with E-state index < -0.39 is 5.60 Å². The molecule has 1 aliphatic rings. The molecule has 0 aliphatic heterocycles. The molecule has 0 fully saturated rings. The number of methoxy groups -OCH3 is 1. The molecule has 15 heavy (non-hydrogen) atoms. The van der Waals surface area contributed by atoms with Gasteiger partial charge in [0.1, 0.15) is 5.60 Å². The Morgan fingerprint density at radius 3 is 3.00 bits per heavy atom. The Morgan fingerprint density at radius 2 is 2.27 bits per heavy atom. The van der Waals surface area contributed by atoms with Crippen LogP contribution < -0.4 is 0 Å². The van der Waals surface area contributed by atoms with E-state index in [1.807, 2.05) is 6.07 Å². The molecule has 1 aromatic rings. The van der Waals surface area contributed by atoms with Gasteiger partial charge in [0, 0.05) is 7.11 Å². The molecule has 82 valence electrons. The summed E-state index contributed by atoms with van der Waals surface area (Å²) in [6, 6.07) is 6.28. The van der Waals surface area contributed by atoms with Gasteiger partial charge < -0.3 is 9.84 Å². The van der Waals surface area contributed by atoms with Gasteiger partial charge in [-0.2, -0.15) is 0 Å². The molecule has 1 unspecified atom stereocenters. The standard InChI is InChI=1S/C13H18O2/c1-10-5-6-12-11(8-10)4-3-7-13(12,14)9-15-2/h5-6,8,14H,3-4,7,9H2,1-2H3. The number of aryl methyl sites for hydroxylation is 2. The molecule has 0 radical (unpaired) electrons. The monoisotopic (exact) mass is 206 g/mol. The molecule has 1 aliphatic carbocycles. The van der Waals surface area contributed by atoms with Crippen molar-refractivity contribution >= 4 is 0 Å². The lowest BCUT2D eigenvalue weighted by molar-refractivity contribution is -0.0479. The van der Waals surface area contributed by atoms with E-state index in [2.05, 4.69) is 19.1 Å². The van der Waals surface area contributed by atoms with Crippen molar-refractivity contribution in [3.63, 3.8) is 0 Å². The molecule has 1 N–H and O–H groups in total. The summed E-state index contributed by atoms with van der Waals surface area (Å²) in [5.74, 6) is 0. The predicted octanol–water partition coefficient (Wildman–Crippen LogP) is 2.17. The fourth-order valence-electron chi connectivity index (χ4n) is 2.48. The van der Waals surface area contributed by atoms with Crippen molar-refractivity contribution in [2.24, 2.45) is 0 Å². The Hall–Kier alpha value is -0.860. The second-order valence-corrected chi connectivity index (χ2v) is 4.48. The van der Waals surface area contributed by atoms with Crippen molar-refractivity contribution in [2.45, 2.75) is 31.8 Å². The summed E-state index contributed by atoms with van der Waals surface area (Å²) in [4.78, 5) is 0. The largest absolute Gasteiger partial charge is 0.383 e. The number of hydrogen-bond donors (Lipinski definition) is 1. The van der Waals surface area contributed by atoms with E-state index >= 15 is 0 Å². The van der Waals surface area contributed by atoms with Crippen LogP contribution in [0.25, 0.3) is 0 Å². The molecule has 1 aromatic carbocycles. The third-order valence-electron chi connectivity index (χ3n) is 3.18. The Kier molecular flexibility index (Phi) is 2.81. The maximum absolute atomic E-state index is 10.5. The average Bonchev–Trinajstić information content (AvgIpc) is 2.17. The van der Waals surface area contributed by atoms with Crippen LogP contribution in [-0.4, -0.2) is 18.8 Å². The third kappa shape index (κ3) is 1.92. The minimum Gasteiger partial charge on any atom is -0.383 e. The van der Waals surface area contributed by atoms with Crippen molar-refractivity contribution in [1.82, 2.24) is 0 Å². The predicted molar refractivity (Wildman–Crippen MR) is 59.9 cm³/mol. The van der Waals surface area contributed by atoms with E-state index in [0.29, 0.717) is 6.61 Å². The van der Waals surface area contributed by atoms with Crippen molar-refractivity contribution in [3.8, 4) is 0 Å². The first-order valence-electron chi connectivity index (χ1n) is 5.47. The smallest absolute Gasteiger partial charge is 0.113 e. The van der Waals surface area contributed by atoms with Gasteiger partial charge >= 0.3 is 0 Å². The zero-order chi connectivity index (χ0) is 10.9. The fourth-order valence-corrected chi connectivity index (χ4v) is 2.48. The molecule has 0 heterocycles. The molecule has 0 aromatic heterocycles. The quantitative estimate of drug-likeness (QED) is 0.803. The van der Waals surface area contributed by atoms with E-state index in [0.717, 1.165) is 24.8 Å². The number of ether oxygens (including phenoxy) is 1. The van der Waals surface area contributed by atoms with Gasteiger partial charge in [0.25, 0.3) is 0 Å². The van der Waals surface area contributed by atoms with E-state index in [-0.39, 0.29) is 0 Å². The highest BCUT2D eigenvalue weighted by molar-refractivity contribution is 5.37. The van der Waals surface area contributed by atoms with Crippen molar-refractivity contribution in [3.05, 3.63) is 34.9 Å². The van der Waals surface area contributed by atoms with Crippen LogP contribution in [-0.2, 0) is 16.8 Å². The van der Waals surface area contributed by atoms with E-state index in [9.17, 15) is 5.11 Å². The lowest BCUT2D eigenvalue weighted by Crippen LogP contribution is -2.35. The Morgan fingerprint density at radius 1 is 1.47 bits per heavy atom. The van der Waals surface area contributed by atoms with E-state index in [1.54, 1.807) is 7.11 Å².